The van der Waals surface area contributed by atoms with Crippen molar-refractivity contribution in [1.29, 1.82) is 0 Å². The summed E-state index contributed by atoms with van der Waals surface area (Å²) in [5, 5.41) is 0. The minimum atomic E-state index is 0.458. The van der Waals surface area contributed by atoms with E-state index in [1.165, 1.54) is 0 Å². The summed E-state index contributed by atoms with van der Waals surface area (Å²) in [5.74, 6) is 0.458. The van der Waals surface area contributed by atoms with Crippen molar-refractivity contribution >= 4 is 0 Å². The normalized spacial score (nSPS) is 9.00. The van der Waals surface area contributed by atoms with E-state index in [0.29, 0.717) is 5.75 Å². The van der Waals surface area contributed by atoms with E-state index in [1.807, 2.05) is 6.07 Å². The third kappa shape index (κ3) is 1.72. The van der Waals surface area contributed by atoms with E-state index in [1.54, 1.807) is 24.3 Å². The predicted molar refractivity (Wildman–Crippen MR) is 31.4 cm³/mol. The molecule has 0 atom stereocenters. The minimum absolute atomic E-state index is 0.458. The molecule has 0 fully saturated rings. The molecular formula is C7H5FO. The van der Waals surface area contributed by atoms with Crippen LogP contribution in [-0.2, 0) is 0 Å². The molecule has 2 radical (unpaired) electrons. The highest BCUT2D eigenvalue weighted by atomic mass is 19.1. The molecule has 46 valence electrons. The van der Waals surface area contributed by atoms with E-state index >= 15 is 0 Å². The Morgan fingerprint density at radius 2 is 1.89 bits per heavy atom. The van der Waals surface area contributed by atoms with E-state index in [-0.39, 0.29) is 0 Å². The van der Waals surface area contributed by atoms with Crippen molar-refractivity contribution in [3.63, 3.8) is 0 Å². The van der Waals surface area contributed by atoms with Crippen LogP contribution in [0, 0.1) is 6.86 Å². The van der Waals surface area contributed by atoms with Crippen LogP contribution in [0.15, 0.2) is 30.3 Å². The maximum absolute atomic E-state index is 11.2. The number of ether oxygens (including phenoxy) is 1. The molecular weight excluding hydrogens is 119 g/mol. The summed E-state index contributed by atoms with van der Waals surface area (Å²) in [6, 6.07) is 8.63. The highest BCUT2D eigenvalue weighted by Gasteiger charge is 1.88. The van der Waals surface area contributed by atoms with Crippen molar-refractivity contribution in [1.82, 2.24) is 0 Å². The monoisotopic (exact) mass is 124 g/mol. The number of benzene rings is 1. The lowest BCUT2D eigenvalue weighted by Crippen LogP contribution is -1.81. The molecule has 0 saturated heterocycles. The van der Waals surface area contributed by atoms with Crippen molar-refractivity contribution in [2.24, 2.45) is 0 Å². The van der Waals surface area contributed by atoms with E-state index in [2.05, 4.69) is 4.74 Å². The number of para-hydroxylation sites is 1. The average Bonchev–Trinajstić information content (AvgIpc) is 1.91. The standard InChI is InChI=1S/C7H5FO/c8-6-9-7-4-2-1-3-5-7/h1-5H. The maximum atomic E-state index is 11.2. The van der Waals surface area contributed by atoms with Crippen molar-refractivity contribution in [3.05, 3.63) is 37.2 Å². The van der Waals surface area contributed by atoms with Crippen LogP contribution in [0.4, 0.5) is 4.39 Å². The van der Waals surface area contributed by atoms with Gasteiger partial charge in [-0.15, -0.1) is 0 Å². The summed E-state index contributed by atoms with van der Waals surface area (Å²) < 4.78 is 15.5. The number of hydrogen-bond donors (Lipinski definition) is 0. The Labute approximate surface area is 53.1 Å². The van der Waals surface area contributed by atoms with Gasteiger partial charge in [0.25, 0.3) is 0 Å². The van der Waals surface area contributed by atoms with Gasteiger partial charge in [0.2, 0.25) is 0 Å². The van der Waals surface area contributed by atoms with E-state index < -0.39 is 0 Å². The lowest BCUT2D eigenvalue weighted by atomic mass is 10.3. The molecule has 0 unspecified atom stereocenters. The first-order valence-corrected chi connectivity index (χ1v) is 2.51. The molecule has 0 N–H and O–H groups in total. The second-order valence-corrected chi connectivity index (χ2v) is 1.49. The predicted octanol–water partition coefficient (Wildman–Crippen LogP) is 2.03. The number of rotatable bonds is 2. The molecule has 0 aromatic heterocycles. The molecule has 2 heteroatoms. The molecule has 1 rings (SSSR count). The fraction of sp³-hybridized carbons (Fsp3) is 0. The van der Waals surface area contributed by atoms with Crippen LogP contribution in [0.2, 0.25) is 0 Å². The molecule has 0 bridgehead atoms. The van der Waals surface area contributed by atoms with Crippen LogP contribution in [-0.4, -0.2) is 0 Å². The molecule has 0 saturated carbocycles. The van der Waals surface area contributed by atoms with Crippen molar-refractivity contribution in [2.45, 2.75) is 0 Å². The van der Waals surface area contributed by atoms with Gasteiger partial charge in [0.1, 0.15) is 5.75 Å². The molecule has 9 heavy (non-hydrogen) atoms. The van der Waals surface area contributed by atoms with Crippen molar-refractivity contribution in [3.8, 4) is 5.75 Å². The topological polar surface area (TPSA) is 9.23 Å². The zero-order valence-electron chi connectivity index (χ0n) is 4.67. The van der Waals surface area contributed by atoms with Crippen LogP contribution < -0.4 is 4.74 Å². The van der Waals surface area contributed by atoms with E-state index in [0.717, 1.165) is 6.86 Å². The van der Waals surface area contributed by atoms with Gasteiger partial charge in [-0.2, -0.15) is 4.39 Å². The lowest BCUT2D eigenvalue weighted by molar-refractivity contribution is 0.286. The second-order valence-electron chi connectivity index (χ2n) is 1.49. The smallest absolute Gasteiger partial charge is 0.403 e. The Bertz CT molecular complexity index is 162. The number of hydrogen-bond acceptors (Lipinski definition) is 1. The minimum Gasteiger partial charge on any atom is -0.446 e. The van der Waals surface area contributed by atoms with Gasteiger partial charge in [-0.3, -0.25) is 0 Å². The fourth-order valence-corrected chi connectivity index (χ4v) is 0.533. The largest absolute Gasteiger partial charge is 0.446 e. The molecule has 0 spiro atoms. The van der Waals surface area contributed by atoms with Crippen LogP contribution in [0.25, 0.3) is 0 Å². The third-order valence-corrected chi connectivity index (χ3v) is 0.900. The van der Waals surface area contributed by atoms with Crippen LogP contribution in [0.1, 0.15) is 0 Å². The first kappa shape index (κ1) is 6.08. The van der Waals surface area contributed by atoms with Gasteiger partial charge >= 0.3 is 6.86 Å². The van der Waals surface area contributed by atoms with E-state index in [4.69, 9.17) is 0 Å². The highest BCUT2D eigenvalue weighted by molar-refractivity contribution is 5.20. The molecule has 0 aliphatic carbocycles. The van der Waals surface area contributed by atoms with Crippen LogP contribution in [0.3, 0.4) is 0 Å². The third-order valence-electron chi connectivity index (χ3n) is 0.900. The first-order chi connectivity index (χ1) is 4.43. The Kier molecular flexibility index (Phi) is 2.07. The van der Waals surface area contributed by atoms with Gasteiger partial charge in [0.15, 0.2) is 0 Å². The van der Waals surface area contributed by atoms with Gasteiger partial charge in [0, 0.05) is 0 Å². The highest BCUT2D eigenvalue weighted by Crippen LogP contribution is 2.08. The molecule has 0 aliphatic rings. The Morgan fingerprint density at radius 1 is 1.22 bits per heavy atom. The van der Waals surface area contributed by atoms with Gasteiger partial charge in [-0.1, -0.05) is 18.2 Å². The molecule has 1 nitrogen and oxygen atoms in total. The van der Waals surface area contributed by atoms with Gasteiger partial charge in [-0.05, 0) is 12.1 Å². The van der Waals surface area contributed by atoms with Crippen molar-refractivity contribution < 1.29 is 9.13 Å². The summed E-state index contributed by atoms with van der Waals surface area (Å²) in [5.41, 5.74) is 0. The van der Waals surface area contributed by atoms with Crippen molar-refractivity contribution in [2.75, 3.05) is 0 Å². The van der Waals surface area contributed by atoms with Gasteiger partial charge < -0.3 is 4.74 Å². The quantitative estimate of drug-likeness (QED) is 0.586. The summed E-state index contributed by atoms with van der Waals surface area (Å²) in [6.45, 7) is 1.08. The second kappa shape index (κ2) is 3.07. The van der Waals surface area contributed by atoms with Gasteiger partial charge in [-0.25, -0.2) is 0 Å². The van der Waals surface area contributed by atoms with Crippen LogP contribution in [0.5, 0.6) is 5.75 Å². The summed E-state index contributed by atoms with van der Waals surface area (Å²) >= 11 is 0. The Balaban J connectivity index is 2.61. The fourth-order valence-electron chi connectivity index (χ4n) is 0.533. The summed E-state index contributed by atoms with van der Waals surface area (Å²) in [6.07, 6.45) is 0. The molecule has 0 heterocycles. The average molecular weight is 124 g/mol. The maximum Gasteiger partial charge on any atom is 0.403 e. The Morgan fingerprint density at radius 3 is 2.44 bits per heavy atom. The SMILES string of the molecule is F[C]Oc1ccccc1. The van der Waals surface area contributed by atoms with Gasteiger partial charge in [0.05, 0.1) is 0 Å². The summed E-state index contributed by atoms with van der Waals surface area (Å²) in [4.78, 5) is 0. The Hall–Kier alpha value is -1.05. The zero-order chi connectivity index (χ0) is 6.53. The zero-order valence-corrected chi connectivity index (χ0v) is 4.67. The summed E-state index contributed by atoms with van der Waals surface area (Å²) in [7, 11) is 0. The van der Waals surface area contributed by atoms with Crippen LogP contribution >= 0.6 is 0 Å². The number of halogens is 1. The van der Waals surface area contributed by atoms with E-state index in [9.17, 15) is 4.39 Å². The molecule has 0 aliphatic heterocycles. The molecule has 1 aromatic carbocycles. The first-order valence-electron chi connectivity index (χ1n) is 2.51. The lowest BCUT2D eigenvalue weighted by Gasteiger charge is -1.94. The molecule has 0 amide bonds. The molecule has 1 aromatic rings.